The predicted octanol–water partition coefficient (Wildman–Crippen LogP) is 4.15. The van der Waals surface area contributed by atoms with E-state index in [1.807, 2.05) is 25.9 Å². The molecule has 8 heteroatoms. The Kier molecular flexibility index (Phi) is 10.9. The fourth-order valence-corrected chi connectivity index (χ4v) is 4.71. The summed E-state index contributed by atoms with van der Waals surface area (Å²) in [6, 6.07) is 4.70. The molecule has 1 unspecified atom stereocenters. The van der Waals surface area contributed by atoms with Crippen molar-refractivity contribution in [2.24, 2.45) is 4.99 Å². The van der Waals surface area contributed by atoms with Gasteiger partial charge in [-0.1, -0.05) is 18.9 Å². The number of halogens is 3. The van der Waals surface area contributed by atoms with Crippen molar-refractivity contribution in [3.8, 4) is 0 Å². The molecule has 2 aliphatic rings. The van der Waals surface area contributed by atoms with E-state index in [9.17, 15) is 8.78 Å². The van der Waals surface area contributed by atoms with Crippen LogP contribution < -0.4 is 10.6 Å². The highest BCUT2D eigenvalue weighted by Gasteiger charge is 2.27. The lowest BCUT2D eigenvalue weighted by Crippen LogP contribution is -2.50. The lowest BCUT2D eigenvalue weighted by Gasteiger charge is -2.36. The quantitative estimate of drug-likeness (QED) is 0.305. The second kappa shape index (κ2) is 12.9. The standard InChI is InChI=1S/C23H37F2N5.HI/c1-4-26-23(28-17-12-14-30(15-13-17)18-8-5-6-9-18)27-16-21(29(2)3)22-19(24)10-7-11-20(22)25;/h7,10-11,17-18,21H,4-6,8-9,12-16H2,1-3H3,(H2,26,27,28);1H. The van der Waals surface area contributed by atoms with E-state index < -0.39 is 17.7 Å². The highest BCUT2D eigenvalue weighted by atomic mass is 127. The highest BCUT2D eigenvalue weighted by Crippen LogP contribution is 2.27. The number of benzene rings is 1. The normalized spacial score (nSPS) is 20.0. The Bertz CT molecular complexity index is 681. The number of guanidine groups is 1. The molecule has 176 valence electrons. The third-order valence-electron chi connectivity index (χ3n) is 6.43. The molecule has 1 aliphatic carbocycles. The zero-order valence-corrected chi connectivity index (χ0v) is 21.4. The number of aliphatic imine (C=N–C) groups is 1. The van der Waals surface area contributed by atoms with Gasteiger partial charge in [-0.2, -0.15) is 0 Å². The van der Waals surface area contributed by atoms with Gasteiger partial charge in [0, 0.05) is 37.3 Å². The molecule has 1 saturated heterocycles. The lowest BCUT2D eigenvalue weighted by molar-refractivity contribution is 0.150. The molecule has 2 N–H and O–H groups in total. The predicted molar refractivity (Wildman–Crippen MR) is 134 cm³/mol. The van der Waals surface area contributed by atoms with Crippen LogP contribution in [0.15, 0.2) is 23.2 Å². The molecule has 0 radical (unpaired) electrons. The molecule has 0 aromatic heterocycles. The summed E-state index contributed by atoms with van der Waals surface area (Å²) in [5, 5.41) is 6.84. The summed E-state index contributed by atoms with van der Waals surface area (Å²) in [5.41, 5.74) is 0.0759. The fraction of sp³-hybridized carbons (Fsp3) is 0.696. The number of nitrogens with zero attached hydrogens (tertiary/aromatic N) is 3. The molecule has 3 rings (SSSR count). The van der Waals surface area contributed by atoms with E-state index in [4.69, 9.17) is 4.99 Å². The third-order valence-corrected chi connectivity index (χ3v) is 6.43. The van der Waals surface area contributed by atoms with Crippen LogP contribution in [0.25, 0.3) is 0 Å². The van der Waals surface area contributed by atoms with E-state index in [2.05, 4.69) is 15.5 Å². The van der Waals surface area contributed by atoms with Gasteiger partial charge >= 0.3 is 0 Å². The summed E-state index contributed by atoms with van der Waals surface area (Å²) < 4.78 is 28.6. The monoisotopic (exact) mass is 549 g/mol. The van der Waals surface area contributed by atoms with Gasteiger partial charge in [-0.05, 0) is 58.8 Å². The number of rotatable bonds is 7. The first kappa shape index (κ1) is 26.3. The molecular weight excluding hydrogens is 511 g/mol. The van der Waals surface area contributed by atoms with Crippen molar-refractivity contribution in [3.63, 3.8) is 0 Å². The summed E-state index contributed by atoms with van der Waals surface area (Å²) in [7, 11) is 3.65. The van der Waals surface area contributed by atoms with Crippen LogP contribution in [0.4, 0.5) is 8.78 Å². The van der Waals surface area contributed by atoms with E-state index in [1.54, 1.807) is 0 Å². The smallest absolute Gasteiger partial charge is 0.191 e. The number of piperidine rings is 1. The third kappa shape index (κ3) is 7.25. The second-order valence-corrected chi connectivity index (χ2v) is 8.73. The first-order chi connectivity index (χ1) is 14.5. The van der Waals surface area contributed by atoms with Gasteiger partial charge in [0.2, 0.25) is 0 Å². The largest absolute Gasteiger partial charge is 0.357 e. The maximum atomic E-state index is 14.3. The SMILES string of the molecule is CCNC(=NCC(c1c(F)cccc1F)N(C)C)NC1CCN(C2CCCC2)CC1.I. The van der Waals surface area contributed by atoms with Gasteiger partial charge in [0.05, 0.1) is 12.6 Å². The average Bonchev–Trinajstić information content (AvgIpc) is 3.25. The van der Waals surface area contributed by atoms with E-state index >= 15 is 0 Å². The molecule has 5 nitrogen and oxygen atoms in total. The molecule has 0 spiro atoms. The molecule has 0 bridgehead atoms. The minimum Gasteiger partial charge on any atom is -0.357 e. The van der Waals surface area contributed by atoms with Gasteiger partial charge in [-0.15, -0.1) is 24.0 Å². The number of likely N-dealkylation sites (N-methyl/N-ethyl adjacent to an activating group) is 1. The molecule has 1 atom stereocenters. The second-order valence-electron chi connectivity index (χ2n) is 8.73. The van der Waals surface area contributed by atoms with Crippen molar-refractivity contribution in [2.75, 3.05) is 40.3 Å². The van der Waals surface area contributed by atoms with Gasteiger partial charge in [-0.3, -0.25) is 4.99 Å². The molecule has 2 fully saturated rings. The molecule has 0 amide bonds. The van der Waals surface area contributed by atoms with E-state index in [0.29, 0.717) is 6.04 Å². The Morgan fingerprint density at radius 3 is 2.29 bits per heavy atom. The average molecular weight is 549 g/mol. The molecule has 31 heavy (non-hydrogen) atoms. The van der Waals surface area contributed by atoms with Crippen molar-refractivity contribution >= 4 is 29.9 Å². The first-order valence-electron chi connectivity index (χ1n) is 11.4. The van der Waals surface area contributed by atoms with Gasteiger partial charge in [0.1, 0.15) is 11.6 Å². The lowest BCUT2D eigenvalue weighted by atomic mass is 10.0. The Hall–Kier alpha value is -1.00. The van der Waals surface area contributed by atoms with Crippen molar-refractivity contribution in [3.05, 3.63) is 35.4 Å². The van der Waals surface area contributed by atoms with Gasteiger partial charge in [-0.25, -0.2) is 8.78 Å². The Morgan fingerprint density at radius 1 is 1.13 bits per heavy atom. The summed E-state index contributed by atoms with van der Waals surface area (Å²) in [4.78, 5) is 9.16. The van der Waals surface area contributed by atoms with Crippen LogP contribution in [-0.2, 0) is 0 Å². The number of hydrogen-bond donors (Lipinski definition) is 2. The van der Waals surface area contributed by atoms with Crippen LogP contribution in [-0.4, -0.2) is 68.1 Å². The summed E-state index contributed by atoms with van der Waals surface area (Å²) >= 11 is 0. The van der Waals surface area contributed by atoms with E-state index in [0.717, 1.165) is 44.5 Å². The minimum absolute atomic E-state index is 0. The van der Waals surface area contributed by atoms with Gasteiger partial charge in [0.25, 0.3) is 0 Å². The van der Waals surface area contributed by atoms with E-state index in [-0.39, 0.29) is 36.1 Å². The van der Waals surface area contributed by atoms with Crippen molar-refractivity contribution in [2.45, 2.75) is 63.6 Å². The van der Waals surface area contributed by atoms with Crippen LogP contribution in [0, 0.1) is 11.6 Å². The van der Waals surface area contributed by atoms with Crippen LogP contribution >= 0.6 is 24.0 Å². The van der Waals surface area contributed by atoms with Crippen molar-refractivity contribution < 1.29 is 8.78 Å². The maximum absolute atomic E-state index is 14.3. The summed E-state index contributed by atoms with van der Waals surface area (Å²) in [6.45, 7) is 5.30. The van der Waals surface area contributed by atoms with Gasteiger partial charge < -0.3 is 20.4 Å². The highest BCUT2D eigenvalue weighted by molar-refractivity contribution is 14.0. The maximum Gasteiger partial charge on any atom is 0.191 e. The topological polar surface area (TPSA) is 42.9 Å². The summed E-state index contributed by atoms with van der Waals surface area (Å²) in [5.74, 6) is -0.331. The fourth-order valence-electron chi connectivity index (χ4n) is 4.71. The zero-order chi connectivity index (χ0) is 21.5. The number of hydrogen-bond acceptors (Lipinski definition) is 3. The van der Waals surface area contributed by atoms with Crippen LogP contribution in [0.2, 0.25) is 0 Å². The van der Waals surface area contributed by atoms with Crippen LogP contribution in [0.3, 0.4) is 0 Å². The van der Waals surface area contributed by atoms with Crippen molar-refractivity contribution in [1.82, 2.24) is 20.4 Å². The Balaban J connectivity index is 0.00000341. The zero-order valence-electron chi connectivity index (χ0n) is 19.0. The molecule has 1 saturated carbocycles. The molecule has 1 aromatic carbocycles. The molecule has 1 aromatic rings. The molecule has 1 heterocycles. The summed E-state index contributed by atoms with van der Waals surface area (Å²) in [6.07, 6.45) is 7.63. The Labute approximate surface area is 203 Å². The van der Waals surface area contributed by atoms with Gasteiger partial charge in [0.15, 0.2) is 5.96 Å². The van der Waals surface area contributed by atoms with Crippen LogP contribution in [0.1, 0.15) is 57.1 Å². The Morgan fingerprint density at radius 2 is 1.74 bits per heavy atom. The first-order valence-corrected chi connectivity index (χ1v) is 11.4. The number of nitrogens with one attached hydrogen (secondary N) is 2. The molecule has 1 aliphatic heterocycles. The van der Waals surface area contributed by atoms with Crippen molar-refractivity contribution in [1.29, 1.82) is 0 Å². The van der Waals surface area contributed by atoms with E-state index in [1.165, 1.54) is 43.9 Å². The molecular formula is C23H38F2IN5. The van der Waals surface area contributed by atoms with Crippen LogP contribution in [0.5, 0.6) is 0 Å². The number of likely N-dealkylation sites (tertiary alicyclic amines) is 1. The minimum atomic E-state index is -0.527.